The lowest BCUT2D eigenvalue weighted by Gasteiger charge is -2.20. The molecule has 2 atom stereocenters. The van der Waals surface area contributed by atoms with Crippen molar-refractivity contribution in [3.05, 3.63) is 59.9 Å². The molecule has 0 fully saturated rings. The highest BCUT2D eigenvalue weighted by atomic mass is 32.2. The summed E-state index contributed by atoms with van der Waals surface area (Å²) in [6.45, 7) is 5.54. The van der Waals surface area contributed by atoms with Crippen LogP contribution in [0.3, 0.4) is 0 Å². The van der Waals surface area contributed by atoms with Crippen molar-refractivity contribution in [2.45, 2.75) is 37.8 Å². The lowest BCUT2D eigenvalue weighted by atomic mass is 10.0. The first kappa shape index (κ1) is 21.9. The summed E-state index contributed by atoms with van der Waals surface area (Å²) in [6, 6.07) is 12.8. The van der Waals surface area contributed by atoms with Crippen molar-refractivity contribution in [1.29, 1.82) is 0 Å². The number of methoxy groups -OCH3 is 1. The Bertz CT molecular complexity index is 1310. The second-order valence-corrected chi connectivity index (χ2v) is 9.68. The van der Waals surface area contributed by atoms with E-state index in [2.05, 4.69) is 15.0 Å². The molecule has 2 aromatic carbocycles. The Morgan fingerprint density at radius 3 is 2.59 bits per heavy atom. The molecule has 9 heteroatoms. The van der Waals surface area contributed by atoms with E-state index < -0.39 is 22.1 Å². The standard InChI is InChI=1S/C23H25N3O5S/c1-13(2)20(25-22-16-9-5-6-11-19(16)32(28,29)26-22)23(27)24-14(3)18-12-15-8-7-10-17(30-4)21(15)31-18/h5-14,20H,1-4H3,(H,24,27)(H,25,26)/t14?,20-/m0/s1. The first-order chi connectivity index (χ1) is 15.2. The largest absolute Gasteiger partial charge is 0.493 e. The van der Waals surface area contributed by atoms with Crippen LogP contribution in [0.25, 0.3) is 11.0 Å². The fourth-order valence-electron chi connectivity index (χ4n) is 3.68. The van der Waals surface area contributed by atoms with Crippen molar-refractivity contribution in [2.75, 3.05) is 7.11 Å². The quantitative estimate of drug-likeness (QED) is 0.592. The van der Waals surface area contributed by atoms with Crippen molar-refractivity contribution in [1.82, 2.24) is 10.0 Å². The molecule has 3 aromatic rings. The van der Waals surface area contributed by atoms with Crippen LogP contribution in [0.2, 0.25) is 0 Å². The molecule has 1 amide bonds. The number of sulfonamides is 1. The summed E-state index contributed by atoms with van der Waals surface area (Å²) in [4.78, 5) is 17.8. The first-order valence-electron chi connectivity index (χ1n) is 10.3. The molecule has 0 saturated heterocycles. The SMILES string of the molecule is COc1cccc2cc(C(C)NC(=O)[C@@H](N=C3NS(=O)(=O)c4ccccc43)C(C)C)oc12. The Balaban J connectivity index is 1.59. The number of furan rings is 1. The number of benzene rings is 2. The summed E-state index contributed by atoms with van der Waals surface area (Å²) < 4.78 is 38.5. The van der Waals surface area contributed by atoms with Crippen LogP contribution in [0, 0.1) is 5.92 Å². The van der Waals surface area contributed by atoms with Crippen LogP contribution in [-0.2, 0) is 14.8 Å². The Morgan fingerprint density at radius 1 is 1.12 bits per heavy atom. The minimum atomic E-state index is -3.68. The zero-order valence-corrected chi connectivity index (χ0v) is 19.1. The van der Waals surface area contributed by atoms with Crippen LogP contribution < -0.4 is 14.8 Å². The van der Waals surface area contributed by atoms with Gasteiger partial charge in [-0.25, -0.2) is 8.42 Å². The average Bonchev–Trinajstić information content (AvgIpc) is 3.30. The number of ether oxygens (including phenoxy) is 1. The zero-order valence-electron chi connectivity index (χ0n) is 18.2. The topological polar surface area (TPSA) is 110 Å². The van der Waals surface area contributed by atoms with E-state index in [0.717, 1.165) is 5.39 Å². The van der Waals surface area contributed by atoms with Gasteiger partial charge in [0.15, 0.2) is 11.3 Å². The molecular weight excluding hydrogens is 430 g/mol. The van der Waals surface area contributed by atoms with Gasteiger partial charge in [-0.1, -0.05) is 38.1 Å². The van der Waals surface area contributed by atoms with Crippen LogP contribution >= 0.6 is 0 Å². The highest BCUT2D eigenvalue weighted by Gasteiger charge is 2.33. The average molecular weight is 456 g/mol. The molecule has 0 bridgehead atoms. The van der Waals surface area contributed by atoms with Gasteiger partial charge < -0.3 is 14.5 Å². The van der Waals surface area contributed by atoms with Crippen molar-refractivity contribution >= 4 is 32.7 Å². The van der Waals surface area contributed by atoms with E-state index in [1.807, 2.05) is 45.0 Å². The predicted octanol–water partition coefficient (Wildman–Crippen LogP) is 3.38. The van der Waals surface area contributed by atoms with E-state index in [9.17, 15) is 13.2 Å². The van der Waals surface area contributed by atoms with Crippen LogP contribution in [0.4, 0.5) is 0 Å². The second kappa shape index (κ2) is 8.31. The number of carbonyl (C=O) groups is 1. The molecule has 2 heterocycles. The maximum atomic E-state index is 13.1. The number of nitrogens with zero attached hydrogens (tertiary/aromatic N) is 1. The number of aliphatic imine (C=N–C) groups is 1. The van der Waals surface area contributed by atoms with E-state index in [-0.39, 0.29) is 22.6 Å². The number of fused-ring (bicyclic) bond motifs is 2. The summed E-state index contributed by atoms with van der Waals surface area (Å²) in [7, 11) is -2.11. The molecule has 4 rings (SSSR count). The molecule has 32 heavy (non-hydrogen) atoms. The van der Waals surface area contributed by atoms with E-state index in [4.69, 9.17) is 9.15 Å². The second-order valence-electron chi connectivity index (χ2n) is 8.03. The number of carbonyl (C=O) groups excluding carboxylic acids is 1. The van der Waals surface area contributed by atoms with Gasteiger partial charge in [-0.15, -0.1) is 0 Å². The van der Waals surface area contributed by atoms with Crippen LogP contribution in [0.15, 0.2) is 62.8 Å². The molecule has 0 aliphatic carbocycles. The Kier molecular flexibility index (Phi) is 5.68. The molecule has 1 aromatic heterocycles. The third kappa shape index (κ3) is 3.95. The van der Waals surface area contributed by atoms with Gasteiger partial charge >= 0.3 is 0 Å². The van der Waals surface area contributed by atoms with Crippen molar-refractivity contribution in [2.24, 2.45) is 10.9 Å². The highest BCUT2D eigenvalue weighted by molar-refractivity contribution is 7.90. The Labute approximate surface area is 186 Å². The van der Waals surface area contributed by atoms with Gasteiger partial charge in [0, 0.05) is 10.9 Å². The molecule has 0 spiro atoms. The van der Waals surface area contributed by atoms with Crippen molar-refractivity contribution in [3.8, 4) is 5.75 Å². The monoisotopic (exact) mass is 455 g/mol. The number of nitrogens with one attached hydrogen (secondary N) is 2. The number of rotatable bonds is 6. The summed E-state index contributed by atoms with van der Waals surface area (Å²) in [5.41, 5.74) is 1.08. The van der Waals surface area contributed by atoms with Crippen LogP contribution in [0.5, 0.6) is 5.75 Å². The highest BCUT2D eigenvalue weighted by Crippen LogP contribution is 2.31. The molecule has 8 nitrogen and oxygen atoms in total. The van der Waals surface area contributed by atoms with Gasteiger partial charge in [-0.05, 0) is 37.1 Å². The Morgan fingerprint density at radius 2 is 1.88 bits per heavy atom. The summed E-state index contributed by atoms with van der Waals surface area (Å²) in [6.07, 6.45) is 0. The number of amides is 1. The molecule has 1 aliphatic rings. The van der Waals surface area contributed by atoms with Gasteiger partial charge in [0.2, 0.25) is 5.91 Å². The summed E-state index contributed by atoms with van der Waals surface area (Å²) in [5.74, 6) is 0.889. The molecule has 2 N–H and O–H groups in total. The Hall–Kier alpha value is -3.33. The maximum Gasteiger partial charge on any atom is 0.263 e. The first-order valence-corrected chi connectivity index (χ1v) is 11.8. The minimum absolute atomic E-state index is 0.159. The summed E-state index contributed by atoms with van der Waals surface area (Å²) >= 11 is 0. The molecule has 1 aliphatic heterocycles. The molecule has 0 saturated carbocycles. The van der Waals surface area contributed by atoms with E-state index >= 15 is 0 Å². The summed E-state index contributed by atoms with van der Waals surface area (Å²) in [5, 5.41) is 3.81. The fraction of sp³-hybridized carbons (Fsp3) is 0.304. The molecule has 0 radical (unpaired) electrons. The van der Waals surface area contributed by atoms with Gasteiger partial charge in [0.05, 0.1) is 18.0 Å². The van der Waals surface area contributed by atoms with E-state index in [1.165, 1.54) is 6.07 Å². The molecule has 1 unspecified atom stereocenters. The van der Waals surface area contributed by atoms with Crippen molar-refractivity contribution < 1.29 is 22.4 Å². The normalized spacial score (nSPS) is 17.7. The van der Waals surface area contributed by atoms with Gasteiger partial charge in [-0.2, -0.15) is 0 Å². The maximum absolute atomic E-state index is 13.1. The van der Waals surface area contributed by atoms with Gasteiger partial charge in [0.1, 0.15) is 17.6 Å². The number of hydrogen-bond donors (Lipinski definition) is 2. The van der Waals surface area contributed by atoms with E-state index in [1.54, 1.807) is 25.3 Å². The number of amidine groups is 1. The predicted molar refractivity (Wildman–Crippen MR) is 121 cm³/mol. The third-order valence-corrected chi connectivity index (χ3v) is 6.76. The van der Waals surface area contributed by atoms with Crippen molar-refractivity contribution in [3.63, 3.8) is 0 Å². The van der Waals surface area contributed by atoms with Crippen LogP contribution in [0.1, 0.15) is 38.1 Å². The van der Waals surface area contributed by atoms with Gasteiger partial charge in [0.25, 0.3) is 10.0 Å². The fourth-order valence-corrected chi connectivity index (χ4v) is 4.92. The molecular formula is C23H25N3O5S. The third-order valence-electron chi connectivity index (χ3n) is 5.36. The van der Waals surface area contributed by atoms with Crippen LogP contribution in [-0.4, -0.2) is 33.3 Å². The molecule has 168 valence electrons. The number of para-hydroxylation sites is 1. The minimum Gasteiger partial charge on any atom is -0.493 e. The van der Waals surface area contributed by atoms with E-state index in [0.29, 0.717) is 22.7 Å². The zero-order chi connectivity index (χ0) is 23.0. The smallest absolute Gasteiger partial charge is 0.263 e. The number of hydrogen-bond acceptors (Lipinski definition) is 6. The lowest BCUT2D eigenvalue weighted by molar-refractivity contribution is -0.123. The lowest BCUT2D eigenvalue weighted by Crippen LogP contribution is -2.39. The van der Waals surface area contributed by atoms with Gasteiger partial charge in [-0.3, -0.25) is 14.5 Å².